The molecule has 0 spiro atoms. The highest BCUT2D eigenvalue weighted by Gasteiger charge is 2.14. The largest absolute Gasteiger partial charge is 0.463 e. The molecular formula is C40H79NO8. The second kappa shape index (κ2) is 41.0. The van der Waals surface area contributed by atoms with Crippen LogP contribution in [0.4, 0.5) is 4.79 Å². The van der Waals surface area contributed by atoms with Gasteiger partial charge in [0.15, 0.2) is 0 Å². The Hall–Kier alpha value is -1.42. The van der Waals surface area contributed by atoms with Crippen molar-refractivity contribution in [2.24, 2.45) is 0 Å². The molecule has 0 aromatic heterocycles. The molecule has 1 atom stereocenters. The fourth-order valence-electron chi connectivity index (χ4n) is 5.61. The van der Waals surface area contributed by atoms with Gasteiger partial charge < -0.3 is 33.7 Å². The first-order valence-corrected chi connectivity index (χ1v) is 20.5. The number of esters is 1. The van der Waals surface area contributed by atoms with Crippen molar-refractivity contribution in [2.75, 3.05) is 66.5 Å². The van der Waals surface area contributed by atoms with Crippen molar-refractivity contribution in [3.8, 4) is 0 Å². The minimum absolute atomic E-state index is 0.0601. The summed E-state index contributed by atoms with van der Waals surface area (Å²) in [5.41, 5.74) is 0. The second-order valence-electron chi connectivity index (χ2n) is 13.4. The first-order chi connectivity index (χ1) is 24.1. The smallest absolute Gasteiger partial charge is 0.407 e. The second-order valence-corrected chi connectivity index (χ2v) is 13.4. The van der Waals surface area contributed by atoms with Crippen molar-refractivity contribution in [3.63, 3.8) is 0 Å². The van der Waals surface area contributed by atoms with Crippen LogP contribution in [0.1, 0.15) is 174 Å². The van der Waals surface area contributed by atoms with Gasteiger partial charge in [-0.2, -0.15) is 0 Å². The van der Waals surface area contributed by atoms with Gasteiger partial charge in [-0.05, 0) is 12.8 Å². The van der Waals surface area contributed by atoms with Crippen LogP contribution in [0.3, 0.4) is 0 Å². The first-order valence-electron chi connectivity index (χ1n) is 20.5. The Morgan fingerprint density at radius 1 is 0.490 bits per heavy atom. The highest BCUT2D eigenvalue weighted by atomic mass is 16.6. The first kappa shape index (κ1) is 47.6. The van der Waals surface area contributed by atoms with Crippen molar-refractivity contribution in [3.05, 3.63) is 0 Å². The average Bonchev–Trinajstić information content (AvgIpc) is 3.10. The van der Waals surface area contributed by atoms with Gasteiger partial charge in [0, 0.05) is 26.9 Å². The molecule has 0 aliphatic rings. The molecule has 0 aliphatic carbocycles. The van der Waals surface area contributed by atoms with Gasteiger partial charge in [0.25, 0.3) is 0 Å². The summed E-state index contributed by atoms with van der Waals surface area (Å²) in [5, 5.41) is 2.57. The summed E-state index contributed by atoms with van der Waals surface area (Å²) in [7, 11) is 1.60. The van der Waals surface area contributed by atoms with E-state index in [4.69, 9.17) is 28.4 Å². The molecule has 0 aromatic rings. The van der Waals surface area contributed by atoms with Gasteiger partial charge in [-0.25, -0.2) is 4.79 Å². The zero-order valence-corrected chi connectivity index (χ0v) is 32.4. The minimum atomic E-state index is -0.585. The monoisotopic (exact) mass is 702 g/mol. The zero-order chi connectivity index (χ0) is 35.7. The third-order valence-electron chi connectivity index (χ3n) is 8.72. The van der Waals surface area contributed by atoms with Gasteiger partial charge in [-0.3, -0.25) is 4.79 Å². The fourth-order valence-corrected chi connectivity index (χ4v) is 5.61. The van der Waals surface area contributed by atoms with Crippen LogP contribution in [-0.2, 0) is 33.2 Å². The van der Waals surface area contributed by atoms with E-state index in [0.717, 1.165) is 19.3 Å². The van der Waals surface area contributed by atoms with Gasteiger partial charge in [-0.15, -0.1) is 0 Å². The predicted octanol–water partition coefficient (Wildman–Crippen LogP) is 10.1. The van der Waals surface area contributed by atoms with Gasteiger partial charge in [0.05, 0.1) is 32.8 Å². The van der Waals surface area contributed by atoms with Crippen molar-refractivity contribution in [1.82, 2.24) is 5.32 Å². The number of rotatable bonds is 40. The Balaban J connectivity index is 4.14. The highest BCUT2D eigenvalue weighted by molar-refractivity contribution is 5.71. The number of ether oxygens (including phenoxy) is 6. The quantitative estimate of drug-likeness (QED) is 0.0498. The number of alkyl carbamates (subject to hydrolysis) is 1. The molecule has 0 bridgehead atoms. The van der Waals surface area contributed by atoms with Crippen LogP contribution in [0, 0.1) is 0 Å². The Bertz CT molecular complexity index is 681. The number of nitrogens with one attached hydrogen (secondary N) is 1. The fraction of sp³-hybridized carbons (Fsp3) is 0.950. The molecule has 0 saturated carbocycles. The maximum absolute atomic E-state index is 12.3. The summed E-state index contributed by atoms with van der Waals surface area (Å²) >= 11 is 0. The Labute approximate surface area is 302 Å². The van der Waals surface area contributed by atoms with Crippen LogP contribution >= 0.6 is 0 Å². The molecule has 49 heavy (non-hydrogen) atoms. The maximum atomic E-state index is 12.3. The van der Waals surface area contributed by atoms with Gasteiger partial charge >= 0.3 is 12.1 Å². The van der Waals surface area contributed by atoms with Crippen molar-refractivity contribution in [2.45, 2.75) is 180 Å². The van der Waals surface area contributed by atoms with Crippen LogP contribution in [0.25, 0.3) is 0 Å². The molecule has 0 heterocycles. The number of hydrogen-bond acceptors (Lipinski definition) is 8. The molecule has 1 N–H and O–H groups in total. The normalized spacial score (nSPS) is 11.9. The van der Waals surface area contributed by atoms with Gasteiger partial charge in [0.1, 0.15) is 19.3 Å². The number of unbranched alkanes of at least 4 members (excludes halogenated alkanes) is 22. The topological polar surface area (TPSA) is 102 Å². The molecule has 0 radical (unpaired) electrons. The van der Waals surface area contributed by atoms with E-state index in [1.54, 1.807) is 7.11 Å². The van der Waals surface area contributed by atoms with Crippen LogP contribution in [0.15, 0.2) is 0 Å². The summed E-state index contributed by atoms with van der Waals surface area (Å²) in [6, 6.07) is 0. The summed E-state index contributed by atoms with van der Waals surface area (Å²) in [4.78, 5) is 24.1. The molecule has 9 heteroatoms. The molecular weight excluding hydrogens is 622 g/mol. The van der Waals surface area contributed by atoms with Crippen molar-refractivity contribution < 1.29 is 38.0 Å². The Morgan fingerprint density at radius 2 is 0.959 bits per heavy atom. The van der Waals surface area contributed by atoms with E-state index in [9.17, 15) is 9.59 Å². The SMILES string of the molecule is CCCCCCCCCCCCCCOC[C@H](COC(=O)CCNC(=O)OCCOCCOC)OCCCCCCCCCCCCCC. The van der Waals surface area contributed by atoms with E-state index in [-0.39, 0.29) is 38.3 Å². The number of methoxy groups -OCH3 is 1. The van der Waals surface area contributed by atoms with Crippen LogP contribution in [0.2, 0.25) is 0 Å². The number of amides is 1. The lowest BCUT2D eigenvalue weighted by Crippen LogP contribution is -2.30. The molecule has 0 aromatic carbocycles. The van der Waals surface area contributed by atoms with E-state index >= 15 is 0 Å². The lowest BCUT2D eigenvalue weighted by Gasteiger charge is -2.18. The Morgan fingerprint density at radius 3 is 1.47 bits per heavy atom. The predicted molar refractivity (Wildman–Crippen MR) is 200 cm³/mol. The third kappa shape index (κ3) is 39.2. The van der Waals surface area contributed by atoms with E-state index in [2.05, 4.69) is 19.2 Å². The average molecular weight is 702 g/mol. The standard InChI is InChI=1S/C40H79NO8/c1-4-6-8-10-12-14-16-18-20-22-24-26-30-46-36-38(47-31-27-25-23-21-19-17-15-13-11-9-7-5-2)37-49-39(42)28-29-41-40(43)48-35-34-45-33-32-44-3/h38H,4-37H2,1-3H3,(H,41,43)/t38-/m1/s1. The summed E-state index contributed by atoms with van der Waals surface area (Å²) in [5.74, 6) is -0.386. The van der Waals surface area contributed by atoms with Crippen LogP contribution in [0.5, 0.6) is 0 Å². The minimum Gasteiger partial charge on any atom is -0.463 e. The molecule has 1 amide bonds. The summed E-state index contributed by atoms with van der Waals surface area (Å²) < 4.78 is 32.7. The third-order valence-corrected chi connectivity index (χ3v) is 8.72. The maximum Gasteiger partial charge on any atom is 0.407 e. The van der Waals surface area contributed by atoms with Crippen molar-refractivity contribution >= 4 is 12.1 Å². The number of hydrogen-bond donors (Lipinski definition) is 1. The van der Waals surface area contributed by atoms with E-state index in [1.165, 1.54) is 135 Å². The van der Waals surface area contributed by atoms with Crippen LogP contribution < -0.4 is 5.32 Å². The number of carbonyl (C=O) groups excluding carboxylic acids is 2. The van der Waals surface area contributed by atoms with E-state index in [0.29, 0.717) is 39.6 Å². The summed E-state index contributed by atoms with van der Waals surface area (Å²) in [6.45, 7) is 7.96. The molecule has 0 unspecified atom stereocenters. The molecule has 0 saturated heterocycles. The van der Waals surface area contributed by atoms with E-state index < -0.39 is 6.09 Å². The molecule has 0 aliphatic heterocycles. The molecule has 292 valence electrons. The molecule has 0 rings (SSSR count). The van der Waals surface area contributed by atoms with Crippen LogP contribution in [-0.4, -0.2) is 84.7 Å². The lowest BCUT2D eigenvalue weighted by atomic mass is 10.1. The lowest BCUT2D eigenvalue weighted by molar-refractivity contribution is -0.149. The Kier molecular flexibility index (Phi) is 39.8. The van der Waals surface area contributed by atoms with E-state index in [1.807, 2.05) is 0 Å². The molecule has 9 nitrogen and oxygen atoms in total. The van der Waals surface area contributed by atoms with Crippen molar-refractivity contribution in [1.29, 1.82) is 0 Å². The number of carbonyl (C=O) groups is 2. The van der Waals surface area contributed by atoms with Gasteiger partial charge in [-0.1, -0.05) is 155 Å². The van der Waals surface area contributed by atoms with Gasteiger partial charge in [0.2, 0.25) is 0 Å². The zero-order valence-electron chi connectivity index (χ0n) is 32.4. The highest BCUT2D eigenvalue weighted by Crippen LogP contribution is 2.13. The molecule has 0 fully saturated rings. The summed E-state index contributed by atoms with van der Waals surface area (Å²) in [6.07, 6.45) is 30.6.